The van der Waals surface area contributed by atoms with Gasteiger partial charge in [0.15, 0.2) is 24.3 Å². The quantitative estimate of drug-likeness (QED) is 0.338. The van der Waals surface area contributed by atoms with Crippen molar-refractivity contribution in [3.05, 3.63) is 53.1 Å². The molecule has 2 aromatic rings. The molecule has 0 aromatic heterocycles. The summed E-state index contributed by atoms with van der Waals surface area (Å²) in [5, 5.41) is 16.0. The minimum absolute atomic E-state index is 0.0652. The summed E-state index contributed by atoms with van der Waals surface area (Å²) >= 11 is 0. The van der Waals surface area contributed by atoms with Crippen LogP contribution < -0.4 is 20.1 Å². The van der Waals surface area contributed by atoms with E-state index in [9.17, 15) is 23.2 Å². The van der Waals surface area contributed by atoms with Crippen molar-refractivity contribution in [1.29, 1.82) is 5.26 Å². The molecular formula is C27H32F3N3O4. The van der Waals surface area contributed by atoms with E-state index in [2.05, 4.69) is 22.8 Å². The van der Waals surface area contributed by atoms with Gasteiger partial charge in [-0.3, -0.25) is 10.1 Å². The number of nitrogens with one attached hydrogen (secondary N) is 2. The van der Waals surface area contributed by atoms with Crippen LogP contribution in [0.2, 0.25) is 0 Å². The van der Waals surface area contributed by atoms with Crippen LogP contribution in [-0.2, 0) is 22.4 Å². The fourth-order valence-electron chi connectivity index (χ4n) is 3.87. The average Bonchev–Trinajstić information content (AvgIpc) is 3.28. The lowest BCUT2D eigenvalue weighted by atomic mass is 9.97. The number of hydrogen-bond donors (Lipinski definition) is 2. The van der Waals surface area contributed by atoms with Gasteiger partial charge in [0.1, 0.15) is 12.7 Å². The molecule has 1 aliphatic heterocycles. The molecule has 10 heteroatoms. The topological polar surface area (TPSA) is 92.6 Å². The van der Waals surface area contributed by atoms with E-state index in [0.717, 1.165) is 29.8 Å². The average molecular weight is 520 g/mol. The lowest BCUT2D eigenvalue weighted by Crippen LogP contribution is -2.46. The Kier molecular flexibility index (Phi) is 8.92. The number of anilines is 1. The second-order valence-corrected chi connectivity index (χ2v) is 10.0. The monoisotopic (exact) mass is 519 g/mol. The highest BCUT2D eigenvalue weighted by atomic mass is 19.4. The van der Waals surface area contributed by atoms with Gasteiger partial charge in [-0.1, -0.05) is 18.2 Å². The maximum atomic E-state index is 12.6. The zero-order valence-electron chi connectivity index (χ0n) is 21.4. The van der Waals surface area contributed by atoms with Gasteiger partial charge >= 0.3 is 12.1 Å². The number of nitrogens with zero attached hydrogens (tertiary/aromatic N) is 1. The number of carbonyl (C=O) groups excluding carboxylic acids is 1. The van der Waals surface area contributed by atoms with Gasteiger partial charge in [0, 0.05) is 12.6 Å². The Bertz CT molecular complexity index is 1140. The summed E-state index contributed by atoms with van der Waals surface area (Å²) in [5.74, 6) is -0.426. The molecule has 0 fully saturated rings. The third-order valence-electron chi connectivity index (χ3n) is 5.60. The highest BCUT2D eigenvalue weighted by molar-refractivity contribution is 5.75. The summed E-state index contributed by atoms with van der Waals surface area (Å²) in [6.07, 6.45) is -3.98. The first-order chi connectivity index (χ1) is 17.4. The standard InChI is InChI=1S/C27H32F3N3O4/c1-17(11-18-12-19-9-10-32-24(19)20(13-18)14-31)33-23(37-25(34)26(2,3)4)15-35-21-7-5-6-8-22(21)36-16-27(28,29)30/h5-8,12-13,17,23,32-33H,9-11,15-16H2,1-4H3/t17?,23-/m1/s1. The number of rotatable bonds is 10. The van der Waals surface area contributed by atoms with E-state index in [0.29, 0.717) is 12.0 Å². The highest BCUT2D eigenvalue weighted by Crippen LogP contribution is 2.30. The second-order valence-electron chi connectivity index (χ2n) is 10.0. The molecule has 1 aliphatic rings. The molecule has 2 atom stereocenters. The first-order valence-electron chi connectivity index (χ1n) is 12.0. The van der Waals surface area contributed by atoms with Crippen molar-refractivity contribution in [2.24, 2.45) is 5.41 Å². The number of alkyl halides is 3. The normalized spacial score (nSPS) is 14.6. The van der Waals surface area contributed by atoms with Gasteiger partial charge in [-0.2, -0.15) is 18.4 Å². The summed E-state index contributed by atoms with van der Waals surface area (Å²) in [7, 11) is 0. The largest absolute Gasteiger partial charge is 0.484 e. The number of benzene rings is 2. The summed E-state index contributed by atoms with van der Waals surface area (Å²) in [6, 6.07) is 12.0. The molecule has 0 bridgehead atoms. The number of esters is 1. The Morgan fingerprint density at radius 1 is 1.16 bits per heavy atom. The van der Waals surface area contributed by atoms with Crippen LogP contribution in [0.1, 0.15) is 44.4 Å². The smallest absolute Gasteiger partial charge is 0.422 e. The molecule has 37 heavy (non-hydrogen) atoms. The van der Waals surface area contributed by atoms with E-state index in [1.165, 1.54) is 18.2 Å². The molecular weight excluding hydrogens is 487 g/mol. The van der Waals surface area contributed by atoms with Gasteiger partial charge in [0.2, 0.25) is 0 Å². The summed E-state index contributed by atoms with van der Waals surface area (Å²) in [6.45, 7) is 6.26. The van der Waals surface area contributed by atoms with E-state index >= 15 is 0 Å². The SMILES string of the molecule is CC(Cc1cc(C#N)c2c(c1)CCN2)N[C@@H](COc1ccccc1OCC(F)(F)F)OC(=O)C(C)(C)C. The molecule has 0 spiro atoms. The molecule has 7 nitrogen and oxygen atoms in total. The Hall–Kier alpha value is -3.45. The fourth-order valence-corrected chi connectivity index (χ4v) is 3.87. The number of fused-ring (bicyclic) bond motifs is 1. The van der Waals surface area contributed by atoms with E-state index in [4.69, 9.17) is 14.2 Å². The summed E-state index contributed by atoms with van der Waals surface area (Å²) in [5.41, 5.74) is 2.75. The van der Waals surface area contributed by atoms with Crippen molar-refractivity contribution in [1.82, 2.24) is 5.32 Å². The minimum Gasteiger partial charge on any atom is -0.484 e. The number of halogens is 3. The van der Waals surface area contributed by atoms with Gasteiger partial charge < -0.3 is 19.5 Å². The second kappa shape index (κ2) is 11.7. The maximum Gasteiger partial charge on any atom is 0.422 e. The van der Waals surface area contributed by atoms with Crippen LogP contribution in [0.3, 0.4) is 0 Å². The van der Waals surface area contributed by atoms with Crippen LogP contribution in [0, 0.1) is 16.7 Å². The van der Waals surface area contributed by atoms with Gasteiger partial charge in [-0.25, -0.2) is 0 Å². The van der Waals surface area contributed by atoms with Crippen LogP contribution in [0.15, 0.2) is 36.4 Å². The van der Waals surface area contributed by atoms with E-state index in [1.807, 2.05) is 13.0 Å². The lowest BCUT2D eigenvalue weighted by molar-refractivity contribution is -0.162. The van der Waals surface area contributed by atoms with Crippen LogP contribution >= 0.6 is 0 Å². The molecule has 200 valence electrons. The molecule has 1 unspecified atom stereocenters. The van der Waals surface area contributed by atoms with Crippen molar-refractivity contribution in [2.45, 2.75) is 59.0 Å². The molecule has 0 saturated heterocycles. The number of para-hydroxylation sites is 2. The Labute approximate surface area is 214 Å². The Morgan fingerprint density at radius 2 is 1.84 bits per heavy atom. The van der Waals surface area contributed by atoms with Gasteiger partial charge in [-0.05, 0) is 69.9 Å². The van der Waals surface area contributed by atoms with Crippen LogP contribution in [0.5, 0.6) is 11.5 Å². The molecule has 0 saturated carbocycles. The van der Waals surface area contributed by atoms with Gasteiger partial charge in [-0.15, -0.1) is 0 Å². The number of nitriles is 1. The molecule has 2 N–H and O–H groups in total. The zero-order valence-corrected chi connectivity index (χ0v) is 21.4. The fraction of sp³-hybridized carbons (Fsp3) is 0.481. The van der Waals surface area contributed by atoms with Crippen LogP contribution in [-0.4, -0.2) is 44.2 Å². The minimum atomic E-state index is -4.49. The third kappa shape index (κ3) is 8.29. The number of carbonyl (C=O) groups is 1. The molecule has 0 aliphatic carbocycles. The third-order valence-corrected chi connectivity index (χ3v) is 5.60. The molecule has 3 rings (SSSR count). The van der Waals surface area contributed by atoms with Crippen molar-refractivity contribution < 1.29 is 32.2 Å². The zero-order chi connectivity index (χ0) is 27.2. The molecule has 1 heterocycles. The Morgan fingerprint density at radius 3 is 2.46 bits per heavy atom. The maximum absolute atomic E-state index is 12.6. The van der Waals surface area contributed by atoms with Crippen molar-refractivity contribution in [3.8, 4) is 17.6 Å². The van der Waals surface area contributed by atoms with Crippen LogP contribution in [0.4, 0.5) is 18.9 Å². The first kappa shape index (κ1) is 28.1. The van der Waals surface area contributed by atoms with Gasteiger partial charge in [0.05, 0.1) is 16.7 Å². The Balaban J connectivity index is 1.71. The van der Waals surface area contributed by atoms with E-state index < -0.39 is 30.4 Å². The van der Waals surface area contributed by atoms with Crippen molar-refractivity contribution in [2.75, 3.05) is 25.1 Å². The van der Waals surface area contributed by atoms with Gasteiger partial charge in [0.25, 0.3) is 0 Å². The predicted octanol–water partition coefficient (Wildman–Crippen LogP) is 4.98. The molecule has 2 aromatic carbocycles. The first-order valence-corrected chi connectivity index (χ1v) is 12.0. The molecule has 0 amide bonds. The van der Waals surface area contributed by atoms with Crippen molar-refractivity contribution >= 4 is 11.7 Å². The predicted molar refractivity (Wildman–Crippen MR) is 132 cm³/mol. The van der Waals surface area contributed by atoms with E-state index in [1.54, 1.807) is 26.8 Å². The summed E-state index contributed by atoms with van der Waals surface area (Å²) in [4.78, 5) is 12.6. The highest BCUT2D eigenvalue weighted by Gasteiger charge is 2.30. The molecule has 0 radical (unpaired) electrons. The number of ether oxygens (including phenoxy) is 3. The lowest BCUT2D eigenvalue weighted by Gasteiger charge is -2.27. The van der Waals surface area contributed by atoms with Crippen molar-refractivity contribution in [3.63, 3.8) is 0 Å². The van der Waals surface area contributed by atoms with Crippen LogP contribution in [0.25, 0.3) is 0 Å². The number of hydrogen-bond acceptors (Lipinski definition) is 7. The van der Waals surface area contributed by atoms with E-state index in [-0.39, 0.29) is 24.1 Å². The summed E-state index contributed by atoms with van der Waals surface area (Å²) < 4.78 is 54.2.